The summed E-state index contributed by atoms with van der Waals surface area (Å²) in [6, 6.07) is 5.62. The number of guanidine groups is 1. The summed E-state index contributed by atoms with van der Waals surface area (Å²) < 4.78 is 19.8. The molecule has 146 valence electrons. The van der Waals surface area contributed by atoms with Gasteiger partial charge >= 0.3 is 0 Å². The summed E-state index contributed by atoms with van der Waals surface area (Å²) in [5.74, 6) is 1.35. The third kappa shape index (κ3) is 6.48. The van der Waals surface area contributed by atoms with E-state index in [-0.39, 0.29) is 11.9 Å². The predicted octanol–water partition coefficient (Wildman–Crippen LogP) is 3.18. The normalized spacial score (nSPS) is 16.1. The molecular formula is C20H33FN4O. The van der Waals surface area contributed by atoms with E-state index >= 15 is 0 Å². The maximum atomic E-state index is 14.3. The van der Waals surface area contributed by atoms with Gasteiger partial charge in [0.15, 0.2) is 17.5 Å². The van der Waals surface area contributed by atoms with Gasteiger partial charge < -0.3 is 20.3 Å². The number of halogens is 1. The van der Waals surface area contributed by atoms with Gasteiger partial charge in [-0.3, -0.25) is 4.99 Å². The Morgan fingerprint density at radius 2 is 2.08 bits per heavy atom. The number of likely N-dealkylation sites (N-methyl/N-ethyl adjacent to an activating group) is 1. The molecule has 26 heavy (non-hydrogen) atoms. The molecule has 1 atom stereocenters. The third-order valence-corrected chi connectivity index (χ3v) is 4.84. The van der Waals surface area contributed by atoms with E-state index in [1.165, 1.54) is 12.8 Å². The zero-order valence-corrected chi connectivity index (χ0v) is 16.7. The van der Waals surface area contributed by atoms with Gasteiger partial charge in [-0.05, 0) is 64.3 Å². The standard InChI is InChI=1S/C20H33FN4O/c1-14(2)25(5)11-10-23-20(22-4)24-15(3)17-8-9-19(18(21)12-17)26-13-16-6-7-16/h8-9,12,14-16H,6-7,10-11,13H2,1-5H3,(H2,22,23,24). The Balaban J connectivity index is 1.84. The van der Waals surface area contributed by atoms with Crippen molar-refractivity contribution in [3.8, 4) is 5.75 Å². The van der Waals surface area contributed by atoms with Crippen LogP contribution in [0.2, 0.25) is 0 Å². The van der Waals surface area contributed by atoms with Gasteiger partial charge in [0.05, 0.1) is 12.6 Å². The highest BCUT2D eigenvalue weighted by molar-refractivity contribution is 5.80. The monoisotopic (exact) mass is 364 g/mol. The molecule has 2 N–H and O–H groups in total. The summed E-state index contributed by atoms with van der Waals surface area (Å²) in [5.41, 5.74) is 0.864. The predicted molar refractivity (Wildman–Crippen MR) is 105 cm³/mol. The summed E-state index contributed by atoms with van der Waals surface area (Å²) in [6.45, 7) is 8.67. The zero-order chi connectivity index (χ0) is 19.1. The van der Waals surface area contributed by atoms with Crippen LogP contribution in [0.3, 0.4) is 0 Å². The first-order valence-electron chi connectivity index (χ1n) is 9.50. The molecule has 0 spiro atoms. The lowest BCUT2D eigenvalue weighted by Crippen LogP contribution is -2.42. The van der Waals surface area contributed by atoms with Gasteiger partial charge in [-0.15, -0.1) is 0 Å². The van der Waals surface area contributed by atoms with Crippen LogP contribution in [-0.4, -0.2) is 50.7 Å². The summed E-state index contributed by atoms with van der Waals surface area (Å²) in [6.07, 6.45) is 2.39. The molecule has 6 heteroatoms. The molecule has 1 aliphatic carbocycles. The zero-order valence-electron chi connectivity index (χ0n) is 16.7. The Morgan fingerprint density at radius 3 is 2.65 bits per heavy atom. The molecule has 0 radical (unpaired) electrons. The van der Waals surface area contributed by atoms with Crippen LogP contribution in [0.25, 0.3) is 0 Å². The Kier molecular flexibility index (Phi) is 7.69. The van der Waals surface area contributed by atoms with E-state index in [0.29, 0.717) is 30.3 Å². The molecule has 5 nitrogen and oxygen atoms in total. The van der Waals surface area contributed by atoms with E-state index in [0.717, 1.165) is 18.7 Å². The Labute approximate surface area is 157 Å². The highest BCUT2D eigenvalue weighted by Gasteiger charge is 2.22. The second-order valence-electron chi connectivity index (χ2n) is 7.38. The van der Waals surface area contributed by atoms with Crippen molar-refractivity contribution in [1.29, 1.82) is 0 Å². The van der Waals surface area contributed by atoms with Gasteiger partial charge in [-0.2, -0.15) is 0 Å². The minimum atomic E-state index is -0.307. The van der Waals surface area contributed by atoms with E-state index in [4.69, 9.17) is 4.74 Å². The lowest BCUT2D eigenvalue weighted by molar-refractivity contribution is 0.278. The number of hydrogen-bond acceptors (Lipinski definition) is 3. The van der Waals surface area contributed by atoms with Crippen LogP contribution >= 0.6 is 0 Å². The number of benzene rings is 1. The Morgan fingerprint density at radius 1 is 1.35 bits per heavy atom. The fourth-order valence-electron chi connectivity index (χ4n) is 2.49. The van der Waals surface area contributed by atoms with Crippen molar-refractivity contribution >= 4 is 5.96 Å². The summed E-state index contributed by atoms with van der Waals surface area (Å²) in [5, 5.41) is 6.61. The lowest BCUT2D eigenvalue weighted by Gasteiger charge is -2.23. The van der Waals surface area contributed by atoms with E-state index in [1.54, 1.807) is 19.2 Å². The van der Waals surface area contributed by atoms with Crippen molar-refractivity contribution in [2.75, 3.05) is 33.8 Å². The highest BCUT2D eigenvalue weighted by atomic mass is 19.1. The minimum absolute atomic E-state index is 0.0592. The van der Waals surface area contributed by atoms with Gasteiger partial charge in [0.1, 0.15) is 0 Å². The van der Waals surface area contributed by atoms with Crippen LogP contribution in [0.5, 0.6) is 5.75 Å². The third-order valence-electron chi connectivity index (χ3n) is 4.84. The Bertz CT molecular complexity index is 601. The van der Waals surface area contributed by atoms with Crippen molar-refractivity contribution in [2.24, 2.45) is 10.9 Å². The molecule has 1 unspecified atom stereocenters. The molecule has 0 aromatic heterocycles. The van der Waals surface area contributed by atoms with Crippen molar-refractivity contribution < 1.29 is 9.13 Å². The highest BCUT2D eigenvalue weighted by Crippen LogP contribution is 2.30. The van der Waals surface area contributed by atoms with E-state index in [1.807, 2.05) is 13.0 Å². The van der Waals surface area contributed by atoms with Crippen molar-refractivity contribution in [3.05, 3.63) is 29.6 Å². The summed E-state index contributed by atoms with van der Waals surface area (Å²) in [7, 11) is 3.84. The average molecular weight is 365 g/mol. The number of hydrogen-bond donors (Lipinski definition) is 2. The molecule has 2 rings (SSSR count). The number of ether oxygens (including phenoxy) is 1. The SMILES string of the molecule is CN=C(NCCN(C)C(C)C)NC(C)c1ccc(OCC2CC2)c(F)c1. The molecule has 1 saturated carbocycles. The van der Waals surface area contributed by atoms with Crippen molar-refractivity contribution in [3.63, 3.8) is 0 Å². The van der Waals surface area contributed by atoms with Gasteiger partial charge in [-0.25, -0.2) is 4.39 Å². The maximum Gasteiger partial charge on any atom is 0.191 e. The number of nitrogens with one attached hydrogen (secondary N) is 2. The number of aliphatic imine (C=N–C) groups is 1. The molecule has 1 aliphatic rings. The number of nitrogens with zero attached hydrogens (tertiary/aromatic N) is 2. The van der Waals surface area contributed by atoms with Crippen molar-refractivity contribution in [1.82, 2.24) is 15.5 Å². The van der Waals surface area contributed by atoms with E-state index in [9.17, 15) is 4.39 Å². The van der Waals surface area contributed by atoms with E-state index < -0.39 is 0 Å². The fraction of sp³-hybridized carbons (Fsp3) is 0.650. The topological polar surface area (TPSA) is 48.9 Å². The first kappa shape index (κ1) is 20.5. The molecule has 1 aromatic carbocycles. The van der Waals surface area contributed by atoms with Crippen molar-refractivity contribution in [2.45, 2.75) is 45.7 Å². The number of rotatable bonds is 9. The second kappa shape index (κ2) is 9.76. The van der Waals surface area contributed by atoms with Crippen LogP contribution in [0.4, 0.5) is 4.39 Å². The van der Waals surface area contributed by atoms with Gasteiger partial charge in [0, 0.05) is 26.2 Å². The molecule has 1 aromatic rings. The summed E-state index contributed by atoms with van der Waals surface area (Å²) >= 11 is 0. The fourth-order valence-corrected chi connectivity index (χ4v) is 2.49. The maximum absolute atomic E-state index is 14.3. The van der Waals surface area contributed by atoms with Gasteiger partial charge in [-0.1, -0.05) is 6.07 Å². The molecule has 0 amide bonds. The molecular weight excluding hydrogens is 331 g/mol. The second-order valence-corrected chi connectivity index (χ2v) is 7.38. The lowest BCUT2D eigenvalue weighted by atomic mass is 10.1. The van der Waals surface area contributed by atoms with Gasteiger partial charge in [0.25, 0.3) is 0 Å². The smallest absolute Gasteiger partial charge is 0.191 e. The average Bonchev–Trinajstić information content (AvgIpc) is 3.43. The molecule has 1 fully saturated rings. The molecule has 0 bridgehead atoms. The van der Waals surface area contributed by atoms with Crippen LogP contribution in [0.15, 0.2) is 23.2 Å². The first-order chi connectivity index (χ1) is 12.4. The van der Waals surface area contributed by atoms with Crippen LogP contribution in [-0.2, 0) is 0 Å². The molecule has 0 saturated heterocycles. The van der Waals surface area contributed by atoms with Crippen LogP contribution in [0, 0.1) is 11.7 Å². The molecule has 0 heterocycles. The largest absolute Gasteiger partial charge is 0.490 e. The first-order valence-corrected chi connectivity index (χ1v) is 9.50. The summed E-state index contributed by atoms with van der Waals surface area (Å²) in [4.78, 5) is 6.51. The van der Waals surface area contributed by atoms with Crippen LogP contribution in [0.1, 0.15) is 45.2 Å². The van der Waals surface area contributed by atoms with Gasteiger partial charge in [0.2, 0.25) is 0 Å². The molecule has 0 aliphatic heterocycles. The van der Waals surface area contributed by atoms with Crippen LogP contribution < -0.4 is 15.4 Å². The minimum Gasteiger partial charge on any atom is -0.490 e. The van der Waals surface area contributed by atoms with E-state index in [2.05, 4.69) is 41.4 Å². The quantitative estimate of drug-likeness (QED) is 0.522. The Hall–Kier alpha value is -1.82.